The average Bonchev–Trinajstić information content (AvgIpc) is 2.89. The molecule has 2 aliphatic rings. The molecule has 0 radical (unpaired) electrons. The van der Waals surface area contributed by atoms with Crippen LogP contribution in [0.4, 0.5) is 11.4 Å². The third-order valence-electron chi connectivity index (χ3n) is 6.64. The van der Waals surface area contributed by atoms with Crippen LogP contribution in [0.25, 0.3) is 0 Å². The van der Waals surface area contributed by atoms with E-state index in [1.54, 1.807) is 18.2 Å². The van der Waals surface area contributed by atoms with Gasteiger partial charge in [0.25, 0.3) is 0 Å². The lowest BCUT2D eigenvalue weighted by Gasteiger charge is -2.36. The molecule has 35 heavy (non-hydrogen) atoms. The van der Waals surface area contributed by atoms with Crippen LogP contribution in [-0.4, -0.2) is 77.4 Å². The average molecular weight is 483 g/mol. The molecule has 2 aromatic carbocycles. The molecule has 0 bridgehead atoms. The molecule has 1 atom stereocenters. The van der Waals surface area contributed by atoms with Crippen molar-refractivity contribution in [1.82, 2.24) is 10.2 Å². The Bertz CT molecular complexity index is 1050. The zero-order chi connectivity index (χ0) is 24.8. The van der Waals surface area contributed by atoms with Gasteiger partial charge in [-0.15, -0.1) is 0 Å². The Morgan fingerprint density at radius 3 is 2.57 bits per heavy atom. The molecule has 0 saturated carbocycles. The number of anilines is 2. The molecule has 2 aliphatic heterocycles. The third-order valence-corrected chi connectivity index (χ3v) is 6.64. The van der Waals surface area contributed by atoms with Crippen molar-refractivity contribution < 1.29 is 23.8 Å². The monoisotopic (exact) mass is 482 g/mol. The van der Waals surface area contributed by atoms with Gasteiger partial charge in [-0.25, -0.2) is 0 Å². The highest BCUT2D eigenvalue weighted by Crippen LogP contribution is 2.31. The first-order valence-electron chi connectivity index (χ1n) is 12.0. The van der Waals surface area contributed by atoms with E-state index in [0.29, 0.717) is 36.9 Å². The minimum absolute atomic E-state index is 0.0560. The fourth-order valence-corrected chi connectivity index (χ4v) is 4.72. The number of hydrogen-bond acceptors (Lipinski definition) is 7. The predicted molar refractivity (Wildman–Crippen MR) is 134 cm³/mol. The third kappa shape index (κ3) is 5.86. The molecule has 0 spiro atoms. The van der Waals surface area contributed by atoms with Crippen LogP contribution in [0.1, 0.15) is 23.6 Å². The summed E-state index contributed by atoms with van der Waals surface area (Å²) in [6, 6.07) is 11.5. The summed E-state index contributed by atoms with van der Waals surface area (Å²) in [5, 5.41) is 5.47. The van der Waals surface area contributed by atoms with E-state index in [4.69, 9.17) is 14.2 Å². The quantitative estimate of drug-likeness (QED) is 0.585. The van der Waals surface area contributed by atoms with E-state index in [9.17, 15) is 9.59 Å². The lowest BCUT2D eigenvalue weighted by atomic mass is 9.95. The van der Waals surface area contributed by atoms with Crippen LogP contribution in [0.15, 0.2) is 36.4 Å². The van der Waals surface area contributed by atoms with Crippen molar-refractivity contribution in [3.8, 4) is 11.5 Å². The van der Waals surface area contributed by atoms with Crippen molar-refractivity contribution in [1.29, 1.82) is 0 Å². The molecule has 0 aliphatic carbocycles. The van der Waals surface area contributed by atoms with E-state index in [2.05, 4.69) is 45.7 Å². The van der Waals surface area contributed by atoms with Gasteiger partial charge in [0.2, 0.25) is 0 Å². The maximum atomic E-state index is 12.8. The van der Waals surface area contributed by atoms with Gasteiger partial charge in [0.15, 0.2) is 0 Å². The van der Waals surface area contributed by atoms with Crippen molar-refractivity contribution in [3.05, 3.63) is 47.5 Å². The standard InChI is InChI=1S/C26H34N4O5/c1-29-10-4-5-18-15-19(6-8-22(18)29)23(30-11-13-35-14-12-30)17-27-25(31)26(32)28-21-16-20(33-2)7-9-24(21)34-3/h6-9,15-16,23H,4-5,10-14,17H2,1-3H3,(H,27,31)(H,28,32). The second-order valence-electron chi connectivity index (χ2n) is 8.81. The fraction of sp³-hybridized carbons (Fsp3) is 0.462. The van der Waals surface area contributed by atoms with Crippen LogP contribution in [-0.2, 0) is 20.7 Å². The van der Waals surface area contributed by atoms with Crippen LogP contribution < -0.4 is 25.0 Å². The lowest BCUT2D eigenvalue weighted by molar-refractivity contribution is -0.136. The van der Waals surface area contributed by atoms with Crippen LogP contribution >= 0.6 is 0 Å². The summed E-state index contributed by atoms with van der Waals surface area (Å²) in [6.07, 6.45) is 2.17. The summed E-state index contributed by atoms with van der Waals surface area (Å²) >= 11 is 0. The number of amides is 2. The van der Waals surface area contributed by atoms with Gasteiger partial charge in [0.1, 0.15) is 11.5 Å². The van der Waals surface area contributed by atoms with Crippen molar-refractivity contribution >= 4 is 23.2 Å². The highest BCUT2D eigenvalue weighted by molar-refractivity contribution is 6.39. The fourth-order valence-electron chi connectivity index (χ4n) is 4.72. The Hall–Kier alpha value is -3.30. The summed E-state index contributed by atoms with van der Waals surface area (Å²) in [6.45, 7) is 4.20. The number of fused-ring (bicyclic) bond motifs is 1. The number of nitrogens with one attached hydrogen (secondary N) is 2. The smallest absolute Gasteiger partial charge is 0.313 e. The Balaban J connectivity index is 1.47. The van der Waals surface area contributed by atoms with E-state index >= 15 is 0 Å². The largest absolute Gasteiger partial charge is 0.497 e. The van der Waals surface area contributed by atoms with Gasteiger partial charge in [0.05, 0.1) is 39.2 Å². The van der Waals surface area contributed by atoms with Gasteiger partial charge in [-0.05, 0) is 42.2 Å². The first kappa shape index (κ1) is 24.8. The van der Waals surface area contributed by atoms with Crippen LogP contribution in [0, 0.1) is 0 Å². The zero-order valence-electron chi connectivity index (χ0n) is 20.6. The molecular weight excluding hydrogens is 448 g/mol. The molecular formula is C26H34N4O5. The molecule has 1 fully saturated rings. The van der Waals surface area contributed by atoms with Gasteiger partial charge in [-0.1, -0.05) is 12.1 Å². The molecule has 1 unspecified atom stereocenters. The number of morpholine rings is 1. The molecule has 0 aromatic heterocycles. The van der Waals surface area contributed by atoms with Gasteiger partial charge < -0.3 is 29.7 Å². The number of carbonyl (C=O) groups excluding carboxylic acids is 2. The van der Waals surface area contributed by atoms with Crippen molar-refractivity contribution in [2.24, 2.45) is 0 Å². The van der Waals surface area contributed by atoms with E-state index in [-0.39, 0.29) is 6.04 Å². The number of aryl methyl sites for hydroxylation is 1. The first-order valence-corrected chi connectivity index (χ1v) is 12.0. The Morgan fingerprint density at radius 2 is 1.83 bits per heavy atom. The molecule has 2 N–H and O–H groups in total. The molecule has 9 nitrogen and oxygen atoms in total. The highest BCUT2D eigenvalue weighted by Gasteiger charge is 2.26. The summed E-state index contributed by atoms with van der Waals surface area (Å²) < 4.78 is 16.0. The minimum atomic E-state index is -0.760. The second kappa shape index (κ2) is 11.4. The maximum absolute atomic E-state index is 12.8. The molecule has 4 rings (SSSR count). The highest BCUT2D eigenvalue weighted by atomic mass is 16.5. The summed E-state index contributed by atoms with van der Waals surface area (Å²) in [5.74, 6) is -0.473. The number of rotatable bonds is 7. The number of hydrogen-bond donors (Lipinski definition) is 2. The molecule has 188 valence electrons. The molecule has 2 aromatic rings. The Labute approximate surface area is 206 Å². The van der Waals surface area contributed by atoms with E-state index in [1.165, 1.54) is 25.5 Å². The molecule has 2 heterocycles. The number of carbonyl (C=O) groups is 2. The number of nitrogens with zero attached hydrogens (tertiary/aromatic N) is 2. The summed E-state index contributed by atoms with van der Waals surface area (Å²) in [4.78, 5) is 30.0. The van der Waals surface area contributed by atoms with E-state index in [1.807, 2.05) is 0 Å². The van der Waals surface area contributed by atoms with E-state index < -0.39 is 11.8 Å². The van der Waals surface area contributed by atoms with Crippen molar-refractivity contribution in [2.75, 3.05) is 70.9 Å². The minimum Gasteiger partial charge on any atom is -0.497 e. The second-order valence-corrected chi connectivity index (χ2v) is 8.81. The molecule has 2 amide bonds. The number of ether oxygens (including phenoxy) is 3. The Kier molecular flexibility index (Phi) is 8.09. The van der Waals surface area contributed by atoms with E-state index in [0.717, 1.165) is 38.0 Å². The normalized spacial score (nSPS) is 16.7. The number of methoxy groups -OCH3 is 2. The van der Waals surface area contributed by atoms with Gasteiger partial charge >= 0.3 is 11.8 Å². The predicted octanol–water partition coefficient (Wildman–Crippen LogP) is 2.21. The van der Waals surface area contributed by atoms with Crippen LogP contribution in [0.3, 0.4) is 0 Å². The molecule has 1 saturated heterocycles. The van der Waals surface area contributed by atoms with Crippen molar-refractivity contribution in [3.63, 3.8) is 0 Å². The maximum Gasteiger partial charge on any atom is 0.313 e. The van der Waals surface area contributed by atoms with Gasteiger partial charge in [-0.3, -0.25) is 14.5 Å². The number of benzene rings is 2. The topological polar surface area (TPSA) is 92.4 Å². The van der Waals surface area contributed by atoms with Crippen molar-refractivity contribution in [2.45, 2.75) is 18.9 Å². The Morgan fingerprint density at radius 1 is 1.03 bits per heavy atom. The van der Waals surface area contributed by atoms with Gasteiger partial charge in [0, 0.05) is 45.0 Å². The molecule has 9 heteroatoms. The zero-order valence-corrected chi connectivity index (χ0v) is 20.6. The lowest BCUT2D eigenvalue weighted by Crippen LogP contribution is -2.45. The van der Waals surface area contributed by atoms with Crippen LogP contribution in [0.5, 0.6) is 11.5 Å². The first-order chi connectivity index (χ1) is 17.0. The SMILES string of the molecule is COc1ccc(OC)c(NC(=O)C(=O)NCC(c2ccc3c(c2)CCCN3C)N2CCOCC2)c1. The van der Waals surface area contributed by atoms with Gasteiger partial charge in [-0.2, -0.15) is 0 Å². The summed E-state index contributed by atoms with van der Waals surface area (Å²) in [7, 11) is 5.15. The van der Waals surface area contributed by atoms with Crippen LogP contribution in [0.2, 0.25) is 0 Å². The summed E-state index contributed by atoms with van der Waals surface area (Å²) in [5.41, 5.74) is 4.09.